The van der Waals surface area contributed by atoms with Crippen molar-refractivity contribution in [1.82, 2.24) is 0 Å². The normalized spacial score (nSPS) is 9.92. The number of rotatable bonds is 1. The second kappa shape index (κ2) is 2.93. The molecule has 3 heteroatoms. The van der Waals surface area contributed by atoms with Crippen LogP contribution < -0.4 is 0 Å². The first-order valence-electron chi connectivity index (χ1n) is 3.74. The zero-order valence-corrected chi connectivity index (χ0v) is 7.42. The molecule has 64 valence electrons. The summed E-state index contributed by atoms with van der Waals surface area (Å²) in [6, 6.07) is 3.65. The van der Waals surface area contributed by atoms with E-state index in [1.54, 1.807) is 13.8 Å². The maximum absolute atomic E-state index is 10.6. The van der Waals surface area contributed by atoms with Crippen molar-refractivity contribution in [2.24, 2.45) is 0 Å². The van der Waals surface area contributed by atoms with Crippen LogP contribution >= 0.6 is 0 Å². The summed E-state index contributed by atoms with van der Waals surface area (Å²) in [5.41, 5.74) is 2.77. The summed E-state index contributed by atoms with van der Waals surface area (Å²) in [6.45, 7) is 5.46. The molecular weight excluding hydrogens is 154 g/mol. The Kier molecular flexibility index (Phi) is 2.13. The topological polar surface area (TPSA) is 43.1 Å². The van der Waals surface area contributed by atoms with Crippen LogP contribution in [0.25, 0.3) is 0 Å². The fourth-order valence-corrected chi connectivity index (χ4v) is 1.46. The van der Waals surface area contributed by atoms with Crippen LogP contribution in [0.4, 0.5) is 5.69 Å². The largest absolute Gasteiger partial charge is 0.275 e. The first-order valence-corrected chi connectivity index (χ1v) is 3.74. The van der Waals surface area contributed by atoms with Crippen molar-refractivity contribution in [1.29, 1.82) is 0 Å². The van der Waals surface area contributed by atoms with E-state index in [9.17, 15) is 10.1 Å². The van der Waals surface area contributed by atoms with E-state index in [-0.39, 0.29) is 10.6 Å². The fraction of sp³-hybridized carbons (Fsp3) is 0.333. The first kappa shape index (κ1) is 8.71. The van der Waals surface area contributed by atoms with E-state index in [2.05, 4.69) is 0 Å². The van der Waals surface area contributed by atoms with Crippen molar-refractivity contribution in [3.63, 3.8) is 0 Å². The van der Waals surface area contributed by atoms with Gasteiger partial charge in [0.2, 0.25) is 0 Å². The van der Waals surface area contributed by atoms with Gasteiger partial charge < -0.3 is 0 Å². The summed E-state index contributed by atoms with van der Waals surface area (Å²) in [5.74, 6) is 0. The molecule has 0 atom stereocenters. The summed E-state index contributed by atoms with van der Waals surface area (Å²) in [7, 11) is 0. The van der Waals surface area contributed by atoms with Gasteiger partial charge in [-0.25, -0.2) is 0 Å². The lowest BCUT2D eigenvalue weighted by atomic mass is 10.1. The molecule has 0 radical (unpaired) electrons. The number of nitro groups is 1. The highest BCUT2D eigenvalue weighted by Crippen LogP contribution is 2.23. The molecule has 0 amide bonds. The number of aryl methyl sites for hydroxylation is 3. The minimum atomic E-state index is -0.329. The molecular formula is C9H11NO2. The Labute approximate surface area is 71.2 Å². The lowest BCUT2D eigenvalue weighted by Gasteiger charge is -2.01. The van der Waals surface area contributed by atoms with Crippen molar-refractivity contribution in [2.75, 3.05) is 0 Å². The summed E-state index contributed by atoms with van der Waals surface area (Å²) in [4.78, 5) is 10.2. The molecule has 1 aromatic rings. The van der Waals surface area contributed by atoms with Crippen LogP contribution in [-0.2, 0) is 0 Å². The average Bonchev–Trinajstić information content (AvgIpc) is 1.82. The van der Waals surface area contributed by atoms with E-state index in [1.807, 2.05) is 19.1 Å². The van der Waals surface area contributed by atoms with Crippen molar-refractivity contribution in [2.45, 2.75) is 20.8 Å². The highest BCUT2D eigenvalue weighted by Gasteiger charge is 2.13. The predicted octanol–water partition coefficient (Wildman–Crippen LogP) is 2.52. The molecule has 0 heterocycles. The molecule has 0 fully saturated rings. The van der Waals surface area contributed by atoms with Gasteiger partial charge in [-0.15, -0.1) is 0 Å². The molecule has 0 saturated heterocycles. The molecule has 0 bridgehead atoms. The Morgan fingerprint density at radius 2 is 1.58 bits per heavy atom. The second-order valence-corrected chi connectivity index (χ2v) is 3.00. The number of nitrogens with zero attached hydrogens (tertiary/aromatic N) is 1. The number of benzene rings is 1. The van der Waals surface area contributed by atoms with Crippen molar-refractivity contribution < 1.29 is 4.92 Å². The van der Waals surface area contributed by atoms with Crippen LogP contribution in [0.15, 0.2) is 12.1 Å². The Bertz CT molecular complexity index is 308. The fourth-order valence-electron chi connectivity index (χ4n) is 1.46. The quantitative estimate of drug-likeness (QED) is 0.474. The van der Waals surface area contributed by atoms with Crippen LogP contribution in [-0.4, -0.2) is 4.92 Å². The van der Waals surface area contributed by atoms with Crippen molar-refractivity contribution in [3.8, 4) is 0 Å². The van der Waals surface area contributed by atoms with Gasteiger partial charge in [0.05, 0.1) is 4.92 Å². The third kappa shape index (κ3) is 1.44. The molecule has 3 nitrogen and oxygen atoms in total. The highest BCUT2D eigenvalue weighted by molar-refractivity contribution is 5.48. The van der Waals surface area contributed by atoms with Gasteiger partial charge in [-0.05, 0) is 32.9 Å². The Morgan fingerprint density at radius 3 is 1.92 bits per heavy atom. The van der Waals surface area contributed by atoms with E-state index in [1.165, 1.54) is 0 Å². The van der Waals surface area contributed by atoms with E-state index in [0.717, 1.165) is 16.7 Å². The molecule has 1 aromatic carbocycles. The standard InChI is InChI=1S/C9H11NO2/c1-6-4-7(2)9(10(11)12)8(3)5-6/h4-5H,1-3H3. The number of hydrogen-bond acceptors (Lipinski definition) is 2. The first-order chi connectivity index (χ1) is 5.52. The van der Waals surface area contributed by atoms with Crippen LogP contribution in [0.3, 0.4) is 0 Å². The summed E-state index contributed by atoms with van der Waals surface area (Å²) in [6.07, 6.45) is 0. The molecule has 0 aliphatic heterocycles. The third-order valence-electron chi connectivity index (χ3n) is 1.82. The zero-order valence-electron chi connectivity index (χ0n) is 7.42. The molecule has 0 spiro atoms. The average molecular weight is 165 g/mol. The second-order valence-electron chi connectivity index (χ2n) is 3.00. The smallest absolute Gasteiger partial charge is 0.258 e. The van der Waals surface area contributed by atoms with E-state index >= 15 is 0 Å². The monoisotopic (exact) mass is 165 g/mol. The van der Waals surface area contributed by atoms with Crippen molar-refractivity contribution >= 4 is 5.69 Å². The van der Waals surface area contributed by atoms with Gasteiger partial charge in [0.1, 0.15) is 0 Å². The van der Waals surface area contributed by atoms with Gasteiger partial charge >= 0.3 is 0 Å². The Balaban J connectivity index is 3.38. The molecule has 0 N–H and O–H groups in total. The van der Waals surface area contributed by atoms with Crippen LogP contribution in [0.2, 0.25) is 0 Å². The molecule has 0 aliphatic carbocycles. The molecule has 0 saturated carbocycles. The van der Waals surface area contributed by atoms with Gasteiger partial charge in [-0.1, -0.05) is 5.56 Å². The predicted molar refractivity (Wildman–Crippen MR) is 47.3 cm³/mol. The summed E-state index contributed by atoms with van der Waals surface area (Å²) in [5, 5.41) is 10.6. The van der Waals surface area contributed by atoms with E-state index in [0.29, 0.717) is 0 Å². The van der Waals surface area contributed by atoms with E-state index in [4.69, 9.17) is 0 Å². The summed E-state index contributed by atoms with van der Waals surface area (Å²) < 4.78 is 0. The minimum Gasteiger partial charge on any atom is -0.258 e. The summed E-state index contributed by atoms with van der Waals surface area (Å²) >= 11 is 0. The molecule has 12 heavy (non-hydrogen) atoms. The maximum atomic E-state index is 10.6. The lowest BCUT2D eigenvalue weighted by Crippen LogP contribution is -1.95. The van der Waals surface area contributed by atoms with Crippen LogP contribution in [0.5, 0.6) is 0 Å². The Hall–Kier alpha value is -1.38. The third-order valence-corrected chi connectivity index (χ3v) is 1.82. The maximum Gasteiger partial charge on any atom is 0.275 e. The van der Waals surface area contributed by atoms with Gasteiger partial charge in [0.25, 0.3) is 5.69 Å². The van der Waals surface area contributed by atoms with Crippen LogP contribution in [0.1, 0.15) is 16.7 Å². The minimum absolute atomic E-state index is 0.237. The van der Waals surface area contributed by atoms with Gasteiger partial charge in [-0.2, -0.15) is 0 Å². The number of hydrogen-bond donors (Lipinski definition) is 0. The van der Waals surface area contributed by atoms with E-state index < -0.39 is 0 Å². The highest BCUT2D eigenvalue weighted by atomic mass is 16.6. The lowest BCUT2D eigenvalue weighted by molar-refractivity contribution is -0.386. The Morgan fingerprint density at radius 1 is 1.17 bits per heavy atom. The van der Waals surface area contributed by atoms with Crippen molar-refractivity contribution in [3.05, 3.63) is 38.9 Å². The molecule has 1 rings (SSSR count). The molecule has 0 aliphatic rings. The van der Waals surface area contributed by atoms with Crippen LogP contribution in [0, 0.1) is 30.9 Å². The zero-order chi connectivity index (χ0) is 9.30. The molecule has 0 unspecified atom stereocenters. The molecule has 0 aromatic heterocycles. The SMILES string of the molecule is Cc1cc(C)c([N+](=O)[O-])c(C)c1. The number of nitro benzene ring substituents is 1. The van der Waals surface area contributed by atoms with Gasteiger partial charge in [0, 0.05) is 11.1 Å². The van der Waals surface area contributed by atoms with Gasteiger partial charge in [0.15, 0.2) is 0 Å². The van der Waals surface area contributed by atoms with Gasteiger partial charge in [-0.3, -0.25) is 10.1 Å².